The maximum atomic E-state index is 5.31. The standard InChI is InChI=1S/C15H15BrN2S/c1-10-4-3-5-12(8-10)17-15(19)18-14-7-6-11(2)9-13(14)16/h3-9H,1-2H3,(H2,17,18,19). The summed E-state index contributed by atoms with van der Waals surface area (Å²) in [7, 11) is 0. The Morgan fingerprint density at radius 2 is 1.74 bits per heavy atom. The molecular weight excluding hydrogens is 320 g/mol. The summed E-state index contributed by atoms with van der Waals surface area (Å²) in [4.78, 5) is 0. The van der Waals surface area contributed by atoms with Crippen molar-refractivity contribution in [1.29, 1.82) is 0 Å². The van der Waals surface area contributed by atoms with Gasteiger partial charge in [0.15, 0.2) is 5.11 Å². The molecule has 0 unspecified atom stereocenters. The average molecular weight is 335 g/mol. The lowest BCUT2D eigenvalue weighted by Crippen LogP contribution is -2.19. The van der Waals surface area contributed by atoms with Crippen LogP contribution in [0.25, 0.3) is 0 Å². The highest BCUT2D eigenvalue weighted by Crippen LogP contribution is 2.23. The minimum Gasteiger partial charge on any atom is -0.332 e. The molecule has 0 atom stereocenters. The quantitative estimate of drug-likeness (QED) is 0.765. The summed E-state index contributed by atoms with van der Waals surface area (Å²) >= 11 is 8.83. The molecule has 2 nitrogen and oxygen atoms in total. The first-order valence-electron chi connectivity index (χ1n) is 5.95. The number of nitrogens with one attached hydrogen (secondary N) is 2. The molecule has 98 valence electrons. The van der Waals surface area contributed by atoms with E-state index in [-0.39, 0.29) is 0 Å². The molecule has 19 heavy (non-hydrogen) atoms. The molecule has 0 spiro atoms. The van der Waals surface area contributed by atoms with Crippen molar-refractivity contribution in [3.63, 3.8) is 0 Å². The predicted molar refractivity (Wildman–Crippen MR) is 89.9 cm³/mol. The lowest BCUT2D eigenvalue weighted by molar-refractivity contribution is 1.44. The summed E-state index contributed by atoms with van der Waals surface area (Å²) in [6, 6.07) is 14.2. The van der Waals surface area contributed by atoms with E-state index in [1.807, 2.05) is 24.3 Å². The summed E-state index contributed by atoms with van der Waals surface area (Å²) in [6.45, 7) is 4.11. The van der Waals surface area contributed by atoms with Gasteiger partial charge in [0, 0.05) is 10.2 Å². The number of halogens is 1. The summed E-state index contributed by atoms with van der Waals surface area (Å²) in [6.07, 6.45) is 0. The van der Waals surface area contributed by atoms with Crippen LogP contribution in [0.5, 0.6) is 0 Å². The normalized spacial score (nSPS) is 10.1. The van der Waals surface area contributed by atoms with Gasteiger partial charge in [-0.3, -0.25) is 0 Å². The molecular formula is C15H15BrN2S. The number of anilines is 2. The van der Waals surface area contributed by atoms with E-state index in [9.17, 15) is 0 Å². The summed E-state index contributed by atoms with van der Waals surface area (Å²) < 4.78 is 1.00. The highest BCUT2D eigenvalue weighted by molar-refractivity contribution is 9.10. The van der Waals surface area contributed by atoms with Crippen molar-refractivity contribution < 1.29 is 0 Å². The Bertz CT molecular complexity index is 611. The van der Waals surface area contributed by atoms with Gasteiger partial charge < -0.3 is 10.6 Å². The van der Waals surface area contributed by atoms with E-state index >= 15 is 0 Å². The maximum absolute atomic E-state index is 5.31. The van der Waals surface area contributed by atoms with Crippen LogP contribution in [0.1, 0.15) is 11.1 Å². The fourth-order valence-electron chi connectivity index (χ4n) is 1.73. The fraction of sp³-hybridized carbons (Fsp3) is 0.133. The number of hydrogen-bond donors (Lipinski definition) is 2. The minimum atomic E-state index is 0.579. The van der Waals surface area contributed by atoms with Gasteiger partial charge in [0.25, 0.3) is 0 Å². The Morgan fingerprint density at radius 1 is 1.00 bits per heavy atom. The Hall–Kier alpha value is -1.39. The van der Waals surface area contributed by atoms with Crippen LogP contribution in [0.4, 0.5) is 11.4 Å². The van der Waals surface area contributed by atoms with E-state index in [0.29, 0.717) is 5.11 Å². The minimum absolute atomic E-state index is 0.579. The van der Waals surface area contributed by atoms with Crippen LogP contribution in [0.2, 0.25) is 0 Å². The van der Waals surface area contributed by atoms with Crippen LogP contribution < -0.4 is 10.6 Å². The van der Waals surface area contributed by atoms with E-state index in [1.165, 1.54) is 11.1 Å². The number of rotatable bonds is 2. The molecule has 0 aliphatic carbocycles. The number of aryl methyl sites for hydroxylation is 2. The molecule has 0 fully saturated rings. The average Bonchev–Trinajstić information content (AvgIpc) is 2.33. The van der Waals surface area contributed by atoms with E-state index in [4.69, 9.17) is 12.2 Å². The zero-order valence-corrected chi connectivity index (χ0v) is 13.2. The third kappa shape index (κ3) is 4.04. The van der Waals surface area contributed by atoms with Crippen molar-refractivity contribution in [1.82, 2.24) is 0 Å². The Labute approximate surface area is 127 Å². The van der Waals surface area contributed by atoms with E-state index < -0.39 is 0 Å². The molecule has 0 saturated heterocycles. The Morgan fingerprint density at radius 3 is 2.42 bits per heavy atom. The molecule has 0 aliphatic heterocycles. The maximum Gasteiger partial charge on any atom is 0.175 e. The van der Waals surface area contributed by atoms with E-state index in [2.05, 4.69) is 58.6 Å². The molecule has 2 aromatic rings. The van der Waals surface area contributed by atoms with Crippen molar-refractivity contribution in [3.05, 3.63) is 58.1 Å². The van der Waals surface area contributed by atoms with Crippen LogP contribution in [-0.4, -0.2) is 5.11 Å². The first kappa shape index (κ1) is 14.0. The van der Waals surface area contributed by atoms with E-state index in [1.54, 1.807) is 0 Å². The topological polar surface area (TPSA) is 24.1 Å². The number of benzene rings is 2. The van der Waals surface area contributed by atoms with Gasteiger partial charge in [-0.25, -0.2) is 0 Å². The number of thiocarbonyl (C=S) groups is 1. The molecule has 2 aromatic carbocycles. The van der Waals surface area contributed by atoms with Crippen LogP contribution in [0.15, 0.2) is 46.9 Å². The first-order chi connectivity index (χ1) is 9.04. The van der Waals surface area contributed by atoms with Gasteiger partial charge in [-0.2, -0.15) is 0 Å². The molecule has 0 amide bonds. The number of hydrogen-bond acceptors (Lipinski definition) is 1. The third-order valence-electron chi connectivity index (χ3n) is 2.65. The third-order valence-corrected chi connectivity index (χ3v) is 3.51. The van der Waals surface area contributed by atoms with Crippen LogP contribution in [-0.2, 0) is 0 Å². The van der Waals surface area contributed by atoms with Crippen LogP contribution in [0, 0.1) is 13.8 Å². The van der Waals surface area contributed by atoms with Gasteiger partial charge in [0.05, 0.1) is 5.69 Å². The summed E-state index contributed by atoms with van der Waals surface area (Å²) in [5.41, 5.74) is 4.34. The van der Waals surface area contributed by atoms with E-state index in [0.717, 1.165) is 15.8 Å². The molecule has 0 bridgehead atoms. The zero-order valence-electron chi connectivity index (χ0n) is 10.8. The predicted octanol–water partition coefficient (Wildman–Crippen LogP) is 4.87. The summed E-state index contributed by atoms with van der Waals surface area (Å²) in [5, 5.41) is 6.93. The molecule has 0 aliphatic rings. The largest absolute Gasteiger partial charge is 0.332 e. The molecule has 4 heteroatoms. The second-order valence-corrected chi connectivity index (χ2v) is 5.69. The zero-order chi connectivity index (χ0) is 13.8. The Kier molecular flexibility index (Phi) is 4.56. The summed E-state index contributed by atoms with van der Waals surface area (Å²) in [5.74, 6) is 0. The van der Waals surface area contributed by atoms with Crippen molar-refractivity contribution in [3.8, 4) is 0 Å². The molecule has 0 radical (unpaired) electrons. The van der Waals surface area contributed by atoms with Gasteiger partial charge in [0.2, 0.25) is 0 Å². The lowest BCUT2D eigenvalue weighted by Gasteiger charge is -2.12. The van der Waals surface area contributed by atoms with Gasteiger partial charge in [-0.1, -0.05) is 18.2 Å². The smallest absolute Gasteiger partial charge is 0.175 e. The highest BCUT2D eigenvalue weighted by atomic mass is 79.9. The Balaban J connectivity index is 2.05. The van der Waals surface area contributed by atoms with Crippen molar-refractivity contribution in [2.45, 2.75) is 13.8 Å². The molecule has 0 heterocycles. The highest BCUT2D eigenvalue weighted by Gasteiger charge is 2.03. The van der Waals surface area contributed by atoms with Crippen LogP contribution >= 0.6 is 28.1 Å². The molecule has 0 aromatic heterocycles. The van der Waals surface area contributed by atoms with Crippen molar-refractivity contribution in [2.24, 2.45) is 0 Å². The van der Waals surface area contributed by atoms with Crippen molar-refractivity contribution >= 4 is 44.6 Å². The van der Waals surface area contributed by atoms with Crippen LogP contribution in [0.3, 0.4) is 0 Å². The molecule has 2 N–H and O–H groups in total. The van der Waals surface area contributed by atoms with Crippen molar-refractivity contribution in [2.75, 3.05) is 10.6 Å². The first-order valence-corrected chi connectivity index (χ1v) is 7.15. The SMILES string of the molecule is Cc1cccc(NC(=S)Nc2ccc(C)cc2Br)c1. The van der Waals surface area contributed by atoms with Gasteiger partial charge in [-0.05, 0) is 77.4 Å². The van der Waals surface area contributed by atoms with Gasteiger partial charge >= 0.3 is 0 Å². The second kappa shape index (κ2) is 6.17. The fourth-order valence-corrected chi connectivity index (χ4v) is 2.55. The monoisotopic (exact) mass is 334 g/mol. The second-order valence-electron chi connectivity index (χ2n) is 4.43. The van der Waals surface area contributed by atoms with Gasteiger partial charge in [0.1, 0.15) is 0 Å². The molecule has 0 saturated carbocycles. The molecule has 2 rings (SSSR count). The lowest BCUT2D eigenvalue weighted by atomic mass is 10.2. The van der Waals surface area contributed by atoms with Gasteiger partial charge in [-0.15, -0.1) is 0 Å².